The highest BCUT2D eigenvalue weighted by atomic mass is 32.2. The predicted octanol–water partition coefficient (Wildman–Crippen LogP) is 4.24. The van der Waals surface area contributed by atoms with Gasteiger partial charge in [-0.25, -0.2) is 9.50 Å². The molecule has 9 heteroatoms. The van der Waals surface area contributed by atoms with E-state index in [0.29, 0.717) is 29.7 Å². The van der Waals surface area contributed by atoms with E-state index >= 15 is 0 Å². The molecule has 2 N–H and O–H groups in total. The molecule has 1 aliphatic heterocycles. The van der Waals surface area contributed by atoms with Gasteiger partial charge in [-0.05, 0) is 62.1 Å². The molecule has 3 aromatic rings. The summed E-state index contributed by atoms with van der Waals surface area (Å²) in [6.07, 6.45) is 3.79. The van der Waals surface area contributed by atoms with Crippen molar-refractivity contribution in [3.05, 3.63) is 40.1 Å². The van der Waals surface area contributed by atoms with Crippen molar-refractivity contribution in [2.24, 2.45) is 0 Å². The van der Waals surface area contributed by atoms with Crippen molar-refractivity contribution < 1.29 is 4.74 Å². The van der Waals surface area contributed by atoms with Gasteiger partial charge in [0.1, 0.15) is 11.6 Å². The molecule has 0 amide bonds. The molecular formula is C22H29N5O2S2. The van der Waals surface area contributed by atoms with Gasteiger partial charge in [0.15, 0.2) is 11.3 Å². The number of nitrogens with one attached hydrogen (secondary N) is 2. The number of aromatic nitrogens is 4. The van der Waals surface area contributed by atoms with E-state index in [2.05, 4.69) is 34.6 Å². The third kappa shape index (κ3) is 4.94. The van der Waals surface area contributed by atoms with Gasteiger partial charge in [-0.3, -0.25) is 9.52 Å². The number of benzene rings is 1. The van der Waals surface area contributed by atoms with Crippen LogP contribution in [0.1, 0.15) is 44.6 Å². The van der Waals surface area contributed by atoms with Crippen molar-refractivity contribution in [3.63, 3.8) is 0 Å². The molecule has 166 valence electrons. The average Bonchev–Trinajstić information content (AvgIpc) is 3.39. The van der Waals surface area contributed by atoms with Crippen molar-refractivity contribution in [3.8, 4) is 17.1 Å². The lowest BCUT2D eigenvalue weighted by molar-refractivity contribution is 0.318. The summed E-state index contributed by atoms with van der Waals surface area (Å²) in [6, 6.07) is 6.58. The number of thioether (sulfide) groups is 1. The van der Waals surface area contributed by atoms with Crippen LogP contribution in [-0.4, -0.2) is 43.7 Å². The molecule has 1 saturated heterocycles. The van der Waals surface area contributed by atoms with E-state index in [4.69, 9.17) is 9.84 Å². The maximum atomic E-state index is 12.9. The fourth-order valence-corrected chi connectivity index (χ4v) is 5.69. The van der Waals surface area contributed by atoms with E-state index in [-0.39, 0.29) is 5.56 Å². The molecule has 31 heavy (non-hydrogen) atoms. The lowest BCUT2D eigenvalue weighted by atomic mass is 10.2. The second-order valence-electron chi connectivity index (χ2n) is 7.71. The SMILES string of the molecule is CCCOc1ccc(SNC2CCSC2)cc1-c1nn2c(CCC)nc(C)c2c(=O)[nH]1. The fourth-order valence-electron chi connectivity index (χ4n) is 3.62. The van der Waals surface area contributed by atoms with Crippen LogP contribution in [0.25, 0.3) is 16.9 Å². The molecule has 7 nitrogen and oxygen atoms in total. The van der Waals surface area contributed by atoms with E-state index in [1.807, 2.05) is 30.8 Å². The van der Waals surface area contributed by atoms with Crippen LogP contribution in [0.2, 0.25) is 0 Å². The number of H-pyrrole nitrogens is 1. The second kappa shape index (κ2) is 10.1. The predicted molar refractivity (Wildman–Crippen MR) is 128 cm³/mol. The van der Waals surface area contributed by atoms with Gasteiger partial charge in [-0.15, -0.1) is 5.10 Å². The van der Waals surface area contributed by atoms with Gasteiger partial charge in [-0.2, -0.15) is 11.8 Å². The Hall–Kier alpha value is -1.97. The molecule has 0 spiro atoms. The lowest BCUT2D eigenvalue weighted by Gasteiger charge is -2.14. The topological polar surface area (TPSA) is 84.3 Å². The number of fused-ring (bicyclic) bond motifs is 1. The highest BCUT2D eigenvalue weighted by molar-refractivity contribution is 7.99. The minimum Gasteiger partial charge on any atom is -0.493 e. The maximum Gasteiger partial charge on any atom is 0.277 e. The quantitative estimate of drug-likeness (QED) is 0.463. The summed E-state index contributed by atoms with van der Waals surface area (Å²) < 4.78 is 11.2. The first-order chi connectivity index (χ1) is 15.1. The Balaban J connectivity index is 1.74. The van der Waals surface area contributed by atoms with Crippen molar-refractivity contribution in [2.45, 2.75) is 57.4 Å². The standard InChI is InChI=1S/C22H29N5O2S2/c1-4-6-19-23-14(3)20-22(28)24-21(25-27(19)20)17-12-16(7-8-18(17)29-10-5-2)31-26-15-9-11-30-13-15/h7-8,12,15,26H,4-6,9-11,13H2,1-3H3,(H,24,25,28). The van der Waals surface area contributed by atoms with E-state index < -0.39 is 0 Å². The minimum absolute atomic E-state index is 0.182. The Morgan fingerprint density at radius 1 is 1.35 bits per heavy atom. The molecule has 0 radical (unpaired) electrons. The summed E-state index contributed by atoms with van der Waals surface area (Å²) in [5.74, 6) is 4.38. The molecule has 1 fully saturated rings. The normalized spacial score (nSPS) is 16.3. The number of nitrogens with zero attached hydrogens (tertiary/aromatic N) is 3. The van der Waals surface area contributed by atoms with Crippen LogP contribution in [0.15, 0.2) is 27.9 Å². The number of aryl methyl sites for hydroxylation is 2. The Labute approximate surface area is 190 Å². The van der Waals surface area contributed by atoms with Crippen LogP contribution in [0.3, 0.4) is 0 Å². The second-order valence-corrected chi connectivity index (χ2v) is 9.77. The Bertz CT molecular complexity index is 1110. The van der Waals surface area contributed by atoms with Crippen molar-refractivity contribution in [1.29, 1.82) is 0 Å². The van der Waals surface area contributed by atoms with Crippen LogP contribution < -0.4 is 15.0 Å². The first-order valence-corrected chi connectivity index (χ1v) is 12.8. The number of hydrogen-bond acceptors (Lipinski definition) is 7. The largest absolute Gasteiger partial charge is 0.493 e. The highest BCUT2D eigenvalue weighted by Crippen LogP contribution is 2.32. The van der Waals surface area contributed by atoms with E-state index in [1.54, 1.807) is 16.5 Å². The zero-order valence-corrected chi connectivity index (χ0v) is 19.9. The molecule has 2 aromatic heterocycles. The van der Waals surface area contributed by atoms with Gasteiger partial charge in [0.05, 0.1) is 17.9 Å². The summed E-state index contributed by atoms with van der Waals surface area (Å²) in [5.41, 5.74) is 1.81. The zero-order chi connectivity index (χ0) is 21.8. The van der Waals surface area contributed by atoms with Gasteiger partial charge in [0.25, 0.3) is 5.56 Å². The number of hydrogen-bond donors (Lipinski definition) is 2. The maximum absolute atomic E-state index is 12.9. The summed E-state index contributed by atoms with van der Waals surface area (Å²) >= 11 is 3.61. The molecule has 0 aliphatic carbocycles. The molecule has 1 unspecified atom stereocenters. The molecular weight excluding hydrogens is 430 g/mol. The first-order valence-electron chi connectivity index (χ1n) is 10.9. The van der Waals surface area contributed by atoms with Gasteiger partial charge in [0, 0.05) is 23.1 Å². The lowest BCUT2D eigenvalue weighted by Crippen LogP contribution is -2.21. The van der Waals surface area contributed by atoms with Crippen LogP contribution in [0, 0.1) is 6.92 Å². The minimum atomic E-state index is -0.182. The Morgan fingerprint density at radius 3 is 2.97 bits per heavy atom. The van der Waals surface area contributed by atoms with Gasteiger partial charge >= 0.3 is 0 Å². The van der Waals surface area contributed by atoms with E-state index in [0.717, 1.165) is 47.0 Å². The summed E-state index contributed by atoms with van der Waals surface area (Å²) in [5, 5.41) is 4.78. The summed E-state index contributed by atoms with van der Waals surface area (Å²) in [7, 11) is 0. The highest BCUT2D eigenvalue weighted by Gasteiger charge is 2.18. The molecule has 1 aliphatic rings. The third-order valence-electron chi connectivity index (χ3n) is 5.16. The van der Waals surface area contributed by atoms with Crippen molar-refractivity contribution in [2.75, 3.05) is 18.1 Å². The monoisotopic (exact) mass is 459 g/mol. The van der Waals surface area contributed by atoms with Gasteiger partial charge < -0.3 is 9.72 Å². The fraction of sp³-hybridized carbons (Fsp3) is 0.500. The summed E-state index contributed by atoms with van der Waals surface area (Å²) in [4.78, 5) is 21.5. The van der Waals surface area contributed by atoms with E-state index in [9.17, 15) is 4.79 Å². The van der Waals surface area contributed by atoms with Crippen LogP contribution in [-0.2, 0) is 6.42 Å². The van der Waals surface area contributed by atoms with Gasteiger partial charge in [0.2, 0.25) is 0 Å². The number of aromatic amines is 1. The number of imidazole rings is 1. The number of rotatable bonds is 9. The molecule has 0 bridgehead atoms. The molecule has 1 aromatic carbocycles. The molecule has 0 saturated carbocycles. The molecule has 3 heterocycles. The van der Waals surface area contributed by atoms with E-state index in [1.165, 1.54) is 12.2 Å². The van der Waals surface area contributed by atoms with Crippen LogP contribution in [0.4, 0.5) is 0 Å². The zero-order valence-electron chi connectivity index (χ0n) is 18.2. The van der Waals surface area contributed by atoms with Crippen LogP contribution in [0.5, 0.6) is 5.75 Å². The molecule has 1 atom stereocenters. The van der Waals surface area contributed by atoms with Crippen molar-refractivity contribution in [1.82, 2.24) is 24.3 Å². The Morgan fingerprint density at radius 2 is 2.23 bits per heavy atom. The van der Waals surface area contributed by atoms with Gasteiger partial charge in [-0.1, -0.05) is 13.8 Å². The average molecular weight is 460 g/mol. The number of ether oxygens (including phenoxy) is 1. The first kappa shape index (κ1) is 22.2. The van der Waals surface area contributed by atoms with Crippen molar-refractivity contribution >= 4 is 29.2 Å². The molecule has 4 rings (SSSR count). The Kier molecular flexibility index (Phi) is 7.24. The smallest absolute Gasteiger partial charge is 0.277 e. The van der Waals surface area contributed by atoms with Crippen LogP contribution >= 0.6 is 23.7 Å². The summed E-state index contributed by atoms with van der Waals surface area (Å²) in [6.45, 7) is 6.63. The third-order valence-corrected chi connectivity index (χ3v) is 7.26.